The first-order valence-corrected chi connectivity index (χ1v) is 6.68. The lowest BCUT2D eigenvalue weighted by Gasteiger charge is -2.42. The topological polar surface area (TPSA) is 69.7 Å². The first kappa shape index (κ1) is 13.5. The largest absolute Gasteiger partial charge is 0.345 e. The third-order valence-electron chi connectivity index (χ3n) is 3.78. The number of carbonyl (C=O) groups excluding carboxylic acids is 3. The second-order valence-corrected chi connectivity index (χ2v) is 5.08. The van der Waals surface area contributed by atoms with Crippen molar-refractivity contribution in [2.45, 2.75) is 6.04 Å². The highest BCUT2D eigenvalue weighted by Gasteiger charge is 2.39. The molecule has 1 N–H and O–H groups in total. The van der Waals surface area contributed by atoms with Crippen molar-refractivity contribution in [1.29, 1.82) is 0 Å². The average molecular weight is 291 g/mol. The van der Waals surface area contributed by atoms with Crippen molar-refractivity contribution in [2.75, 3.05) is 26.2 Å². The summed E-state index contributed by atoms with van der Waals surface area (Å²) in [5.41, 5.74) is 0.242. The van der Waals surface area contributed by atoms with Gasteiger partial charge in [0.25, 0.3) is 5.91 Å². The normalized spacial score (nSPS) is 21.9. The Morgan fingerprint density at radius 2 is 2.10 bits per heavy atom. The van der Waals surface area contributed by atoms with Crippen molar-refractivity contribution < 1.29 is 18.8 Å². The van der Waals surface area contributed by atoms with Crippen molar-refractivity contribution in [3.63, 3.8) is 0 Å². The number of nitrogens with zero attached hydrogens (tertiary/aromatic N) is 2. The van der Waals surface area contributed by atoms with Gasteiger partial charge in [-0.25, -0.2) is 4.39 Å². The van der Waals surface area contributed by atoms with Crippen molar-refractivity contribution >= 4 is 17.7 Å². The zero-order valence-electron chi connectivity index (χ0n) is 11.2. The summed E-state index contributed by atoms with van der Waals surface area (Å²) in [5, 5.41) is 2.51. The van der Waals surface area contributed by atoms with E-state index in [1.54, 1.807) is 0 Å². The number of nitrogens with one attached hydrogen (secondary N) is 1. The van der Waals surface area contributed by atoms with Crippen LogP contribution in [0.3, 0.4) is 0 Å². The van der Waals surface area contributed by atoms with Crippen LogP contribution in [0.5, 0.6) is 0 Å². The summed E-state index contributed by atoms with van der Waals surface area (Å²) in [4.78, 5) is 38.9. The molecule has 3 amide bonds. The van der Waals surface area contributed by atoms with Crippen LogP contribution in [0.4, 0.5) is 4.39 Å². The number of carbonyl (C=O) groups is 3. The summed E-state index contributed by atoms with van der Waals surface area (Å²) in [7, 11) is 0. The quantitative estimate of drug-likeness (QED) is 0.766. The van der Waals surface area contributed by atoms with E-state index >= 15 is 0 Å². The van der Waals surface area contributed by atoms with E-state index in [1.165, 1.54) is 34.1 Å². The van der Waals surface area contributed by atoms with Gasteiger partial charge in [-0.05, 0) is 18.2 Å². The van der Waals surface area contributed by atoms with Crippen molar-refractivity contribution in [3.8, 4) is 0 Å². The smallest absolute Gasteiger partial charge is 0.254 e. The Morgan fingerprint density at radius 1 is 1.29 bits per heavy atom. The van der Waals surface area contributed by atoms with Crippen LogP contribution in [0.2, 0.25) is 0 Å². The molecule has 7 heteroatoms. The molecule has 2 aliphatic rings. The lowest BCUT2D eigenvalue weighted by Crippen LogP contribution is -2.66. The van der Waals surface area contributed by atoms with Crippen LogP contribution in [-0.2, 0) is 9.59 Å². The number of benzene rings is 1. The van der Waals surface area contributed by atoms with E-state index in [0.29, 0.717) is 13.1 Å². The lowest BCUT2D eigenvalue weighted by molar-refractivity contribution is -0.148. The van der Waals surface area contributed by atoms with E-state index in [2.05, 4.69) is 5.32 Å². The minimum Gasteiger partial charge on any atom is -0.345 e. The van der Waals surface area contributed by atoms with E-state index in [9.17, 15) is 18.8 Å². The van der Waals surface area contributed by atoms with Gasteiger partial charge in [-0.2, -0.15) is 0 Å². The fourth-order valence-corrected chi connectivity index (χ4v) is 2.68. The minimum absolute atomic E-state index is 0.00712. The summed E-state index contributed by atoms with van der Waals surface area (Å²) in [5.74, 6) is -1.21. The molecule has 0 bridgehead atoms. The van der Waals surface area contributed by atoms with Gasteiger partial charge in [0, 0.05) is 18.7 Å². The maximum atomic E-state index is 13.2. The summed E-state index contributed by atoms with van der Waals surface area (Å²) < 4.78 is 13.2. The molecular formula is C14H14FN3O3. The molecule has 3 rings (SSSR count). The van der Waals surface area contributed by atoms with Crippen molar-refractivity contribution in [2.24, 2.45) is 0 Å². The summed E-state index contributed by atoms with van der Waals surface area (Å²) in [6.07, 6.45) is 0. The molecule has 0 radical (unpaired) electrons. The molecular weight excluding hydrogens is 277 g/mol. The highest BCUT2D eigenvalue weighted by atomic mass is 19.1. The summed E-state index contributed by atoms with van der Waals surface area (Å²) >= 11 is 0. The van der Waals surface area contributed by atoms with Crippen LogP contribution in [0.1, 0.15) is 10.4 Å². The molecule has 1 unspecified atom stereocenters. The monoisotopic (exact) mass is 291 g/mol. The van der Waals surface area contributed by atoms with Gasteiger partial charge in [0.15, 0.2) is 0 Å². The second kappa shape index (κ2) is 5.16. The molecule has 2 fully saturated rings. The molecule has 1 atom stereocenters. The molecule has 21 heavy (non-hydrogen) atoms. The molecule has 2 saturated heterocycles. The molecule has 0 saturated carbocycles. The van der Waals surface area contributed by atoms with Gasteiger partial charge in [0.1, 0.15) is 11.9 Å². The van der Waals surface area contributed by atoms with Crippen LogP contribution in [0, 0.1) is 5.82 Å². The van der Waals surface area contributed by atoms with E-state index in [0.717, 1.165) is 0 Å². The van der Waals surface area contributed by atoms with E-state index in [4.69, 9.17) is 0 Å². The Hall–Kier alpha value is -2.44. The molecule has 1 aromatic carbocycles. The van der Waals surface area contributed by atoms with Crippen LogP contribution < -0.4 is 5.32 Å². The van der Waals surface area contributed by atoms with Crippen LogP contribution in [-0.4, -0.2) is 59.7 Å². The van der Waals surface area contributed by atoms with Gasteiger partial charge in [0.05, 0.1) is 13.1 Å². The molecule has 0 aliphatic carbocycles. The highest BCUT2D eigenvalue weighted by Crippen LogP contribution is 2.16. The molecule has 2 heterocycles. The number of halogens is 1. The van der Waals surface area contributed by atoms with Gasteiger partial charge >= 0.3 is 0 Å². The van der Waals surface area contributed by atoms with E-state index in [1.807, 2.05) is 0 Å². The lowest BCUT2D eigenvalue weighted by atomic mass is 10.1. The maximum absolute atomic E-state index is 13.2. The number of hydrogen-bond donors (Lipinski definition) is 1. The number of piperazine rings is 2. The average Bonchev–Trinajstić information content (AvgIpc) is 2.50. The van der Waals surface area contributed by atoms with Crippen LogP contribution in [0.25, 0.3) is 0 Å². The Bertz CT molecular complexity index is 619. The van der Waals surface area contributed by atoms with Gasteiger partial charge in [0.2, 0.25) is 11.8 Å². The number of rotatable bonds is 1. The first-order valence-electron chi connectivity index (χ1n) is 6.68. The summed E-state index contributed by atoms with van der Waals surface area (Å²) in [6.45, 7) is 0.795. The zero-order valence-corrected chi connectivity index (χ0v) is 11.2. The third kappa shape index (κ3) is 2.46. The molecule has 6 nitrogen and oxygen atoms in total. The fourth-order valence-electron chi connectivity index (χ4n) is 2.68. The molecule has 0 aromatic heterocycles. The van der Waals surface area contributed by atoms with E-state index < -0.39 is 11.9 Å². The minimum atomic E-state index is -0.655. The zero-order chi connectivity index (χ0) is 15.0. The first-order chi connectivity index (χ1) is 10.1. The standard InChI is InChI=1S/C14H14FN3O3/c15-10-3-1-2-9(6-10)14(21)17-4-5-18-11(8-17)13(20)16-7-12(18)19/h1-3,6,11H,4-5,7-8H2,(H,16,20). The van der Waals surface area contributed by atoms with E-state index in [-0.39, 0.29) is 36.4 Å². The Balaban J connectivity index is 1.78. The molecule has 1 aromatic rings. The second-order valence-electron chi connectivity index (χ2n) is 5.08. The SMILES string of the molecule is O=C1NCC(=O)N2CCN(C(=O)c3cccc(F)c3)CC12. The van der Waals surface area contributed by atoms with Gasteiger partial charge in [-0.15, -0.1) is 0 Å². The van der Waals surface area contributed by atoms with Gasteiger partial charge in [-0.1, -0.05) is 6.07 Å². The molecule has 2 aliphatic heterocycles. The highest BCUT2D eigenvalue weighted by molar-refractivity contribution is 5.98. The Labute approximate surface area is 120 Å². The third-order valence-corrected chi connectivity index (χ3v) is 3.78. The Morgan fingerprint density at radius 3 is 2.86 bits per heavy atom. The van der Waals surface area contributed by atoms with Crippen molar-refractivity contribution in [3.05, 3.63) is 35.6 Å². The predicted molar refractivity (Wildman–Crippen MR) is 70.8 cm³/mol. The van der Waals surface area contributed by atoms with Gasteiger partial charge < -0.3 is 15.1 Å². The summed E-state index contributed by atoms with van der Waals surface area (Å²) in [6, 6.07) is 4.78. The number of hydrogen-bond acceptors (Lipinski definition) is 3. The van der Waals surface area contributed by atoms with Gasteiger partial charge in [-0.3, -0.25) is 14.4 Å². The number of fused-ring (bicyclic) bond motifs is 1. The molecule has 110 valence electrons. The van der Waals surface area contributed by atoms with Crippen LogP contribution >= 0.6 is 0 Å². The van der Waals surface area contributed by atoms with Crippen LogP contribution in [0.15, 0.2) is 24.3 Å². The fraction of sp³-hybridized carbons (Fsp3) is 0.357. The maximum Gasteiger partial charge on any atom is 0.254 e. The molecule has 0 spiro atoms. The Kier molecular flexibility index (Phi) is 3.32. The predicted octanol–water partition coefficient (Wildman–Crippen LogP) is -0.391. The van der Waals surface area contributed by atoms with Crippen molar-refractivity contribution in [1.82, 2.24) is 15.1 Å². The number of amides is 3.